The summed E-state index contributed by atoms with van der Waals surface area (Å²) in [6, 6.07) is 1.68. The summed E-state index contributed by atoms with van der Waals surface area (Å²) in [5, 5.41) is 8.93. The molecule has 0 fully saturated rings. The normalized spacial score (nSPS) is 11.5. The first kappa shape index (κ1) is 11.4. The van der Waals surface area contributed by atoms with Gasteiger partial charge in [0.2, 0.25) is 0 Å². The second kappa shape index (κ2) is 4.68. The summed E-state index contributed by atoms with van der Waals surface area (Å²) in [5.74, 6) is -0.995. The minimum absolute atomic E-state index is 0.147. The molecule has 0 spiro atoms. The molecule has 80 valence electrons. The van der Waals surface area contributed by atoms with Crippen molar-refractivity contribution < 1.29 is 9.90 Å². The van der Waals surface area contributed by atoms with Gasteiger partial charge in [0.15, 0.2) is 0 Å². The van der Waals surface area contributed by atoms with Gasteiger partial charge in [-0.3, -0.25) is 9.98 Å². The van der Waals surface area contributed by atoms with Crippen molar-refractivity contribution in [3.8, 4) is 0 Å². The molecule has 4 heteroatoms. The largest absolute Gasteiger partial charge is 0.478 e. The van der Waals surface area contributed by atoms with Gasteiger partial charge in [0.05, 0.1) is 5.69 Å². The molecule has 1 aromatic rings. The Morgan fingerprint density at radius 2 is 2.27 bits per heavy atom. The van der Waals surface area contributed by atoms with Crippen molar-refractivity contribution in [1.82, 2.24) is 4.98 Å². The van der Waals surface area contributed by atoms with Crippen LogP contribution in [0.25, 0.3) is 0 Å². The zero-order valence-electron chi connectivity index (χ0n) is 9.11. The Morgan fingerprint density at radius 1 is 1.60 bits per heavy atom. The highest BCUT2D eigenvalue weighted by atomic mass is 16.4. The first-order valence-electron chi connectivity index (χ1n) is 4.78. The molecule has 0 saturated carbocycles. The van der Waals surface area contributed by atoms with E-state index >= 15 is 0 Å². The molecule has 0 aliphatic carbocycles. The van der Waals surface area contributed by atoms with E-state index in [4.69, 9.17) is 5.11 Å². The van der Waals surface area contributed by atoms with Crippen molar-refractivity contribution in [1.29, 1.82) is 0 Å². The lowest BCUT2D eigenvalue weighted by Gasteiger charge is -2.03. The Bertz CT molecular complexity index is 411. The number of carboxylic acid groups (broad SMARTS) is 1. The Morgan fingerprint density at radius 3 is 2.80 bits per heavy atom. The van der Waals surface area contributed by atoms with Crippen LogP contribution in [0.15, 0.2) is 17.3 Å². The van der Waals surface area contributed by atoms with Gasteiger partial charge in [0.1, 0.15) is 5.56 Å². The van der Waals surface area contributed by atoms with Gasteiger partial charge in [-0.15, -0.1) is 0 Å². The van der Waals surface area contributed by atoms with Crippen LogP contribution in [0.4, 0.5) is 5.69 Å². The highest BCUT2D eigenvalue weighted by Crippen LogP contribution is 2.19. The first-order chi connectivity index (χ1) is 7.04. The maximum absolute atomic E-state index is 10.9. The minimum Gasteiger partial charge on any atom is -0.478 e. The molecule has 1 heterocycles. The second-order valence-corrected chi connectivity index (χ2v) is 3.35. The van der Waals surface area contributed by atoms with E-state index in [2.05, 4.69) is 9.98 Å². The van der Waals surface area contributed by atoms with Crippen molar-refractivity contribution in [2.45, 2.75) is 27.2 Å². The van der Waals surface area contributed by atoms with Crippen LogP contribution < -0.4 is 0 Å². The lowest BCUT2D eigenvalue weighted by atomic mass is 10.2. The van der Waals surface area contributed by atoms with Crippen molar-refractivity contribution >= 4 is 17.4 Å². The molecule has 1 N–H and O–H groups in total. The first-order valence-corrected chi connectivity index (χ1v) is 4.78. The molecule has 0 amide bonds. The van der Waals surface area contributed by atoms with Crippen LogP contribution in [0, 0.1) is 6.92 Å². The molecule has 0 aliphatic heterocycles. The molecule has 4 nitrogen and oxygen atoms in total. The standard InChI is InChI=1S/C11H14N2O2/c1-4-7(2)13-10-5-8(3)12-6-9(10)11(14)15/h5-6H,4H2,1-3H3,(H,14,15). The summed E-state index contributed by atoms with van der Waals surface area (Å²) < 4.78 is 0. The SMILES string of the molecule is CCC(C)=Nc1cc(C)ncc1C(=O)O. The number of nitrogens with zero attached hydrogens (tertiary/aromatic N) is 2. The van der Waals surface area contributed by atoms with E-state index in [0.717, 1.165) is 17.8 Å². The number of hydrogen-bond acceptors (Lipinski definition) is 3. The number of rotatable bonds is 3. The number of carboxylic acids is 1. The highest BCUT2D eigenvalue weighted by molar-refractivity contribution is 5.95. The molecule has 1 rings (SSSR count). The number of hydrogen-bond donors (Lipinski definition) is 1. The Labute approximate surface area is 88.7 Å². The van der Waals surface area contributed by atoms with Gasteiger partial charge in [-0.1, -0.05) is 6.92 Å². The lowest BCUT2D eigenvalue weighted by Crippen LogP contribution is -1.99. The van der Waals surface area contributed by atoms with E-state index in [1.165, 1.54) is 6.20 Å². The van der Waals surface area contributed by atoms with E-state index in [0.29, 0.717) is 5.69 Å². The number of carbonyl (C=O) groups is 1. The number of aliphatic imine (C=N–C) groups is 1. The van der Waals surface area contributed by atoms with Gasteiger partial charge in [0.25, 0.3) is 0 Å². The number of aryl methyl sites for hydroxylation is 1. The number of aromatic carboxylic acids is 1. The second-order valence-electron chi connectivity index (χ2n) is 3.35. The average Bonchev–Trinajstić information content (AvgIpc) is 2.17. The quantitative estimate of drug-likeness (QED) is 0.773. The summed E-state index contributed by atoms with van der Waals surface area (Å²) in [6.45, 7) is 5.67. The number of aromatic nitrogens is 1. The summed E-state index contributed by atoms with van der Waals surface area (Å²) in [5.41, 5.74) is 2.30. The van der Waals surface area contributed by atoms with Crippen LogP contribution in [0.2, 0.25) is 0 Å². The van der Waals surface area contributed by atoms with Crippen molar-refractivity contribution in [2.75, 3.05) is 0 Å². The van der Waals surface area contributed by atoms with Crippen LogP contribution in [-0.4, -0.2) is 21.8 Å². The molecule has 0 saturated heterocycles. The Hall–Kier alpha value is -1.71. The third-order valence-corrected chi connectivity index (χ3v) is 2.07. The van der Waals surface area contributed by atoms with Crippen molar-refractivity contribution in [3.05, 3.63) is 23.5 Å². The van der Waals surface area contributed by atoms with Crippen LogP contribution in [0.5, 0.6) is 0 Å². The van der Waals surface area contributed by atoms with Gasteiger partial charge in [-0.05, 0) is 26.3 Å². The Kier molecular flexibility index (Phi) is 3.55. The number of pyridine rings is 1. The topological polar surface area (TPSA) is 62.5 Å². The van der Waals surface area contributed by atoms with Crippen LogP contribution in [0.1, 0.15) is 36.3 Å². The molecule has 0 aliphatic rings. The van der Waals surface area contributed by atoms with E-state index in [9.17, 15) is 4.79 Å². The Balaban J connectivity index is 3.25. The molecule has 0 atom stereocenters. The summed E-state index contributed by atoms with van der Waals surface area (Å²) in [4.78, 5) is 19.1. The average molecular weight is 206 g/mol. The maximum atomic E-state index is 10.9. The monoisotopic (exact) mass is 206 g/mol. The fourth-order valence-electron chi connectivity index (χ4n) is 1.09. The third-order valence-electron chi connectivity index (χ3n) is 2.07. The molecule has 0 unspecified atom stereocenters. The van der Waals surface area contributed by atoms with Gasteiger partial charge >= 0.3 is 5.97 Å². The van der Waals surface area contributed by atoms with Gasteiger partial charge in [-0.25, -0.2) is 4.79 Å². The fraction of sp³-hybridized carbons (Fsp3) is 0.364. The van der Waals surface area contributed by atoms with Crippen LogP contribution >= 0.6 is 0 Å². The minimum atomic E-state index is -0.995. The summed E-state index contributed by atoms with van der Waals surface area (Å²) in [7, 11) is 0. The van der Waals surface area contributed by atoms with Gasteiger partial charge < -0.3 is 5.11 Å². The van der Waals surface area contributed by atoms with E-state index < -0.39 is 5.97 Å². The highest BCUT2D eigenvalue weighted by Gasteiger charge is 2.10. The predicted molar refractivity (Wildman–Crippen MR) is 59.0 cm³/mol. The zero-order chi connectivity index (χ0) is 11.4. The van der Waals surface area contributed by atoms with Crippen molar-refractivity contribution in [3.63, 3.8) is 0 Å². The smallest absolute Gasteiger partial charge is 0.339 e. The van der Waals surface area contributed by atoms with Gasteiger partial charge in [-0.2, -0.15) is 0 Å². The van der Waals surface area contributed by atoms with Crippen molar-refractivity contribution in [2.24, 2.45) is 4.99 Å². The van der Waals surface area contributed by atoms with Crippen LogP contribution in [-0.2, 0) is 0 Å². The van der Waals surface area contributed by atoms with E-state index in [1.807, 2.05) is 20.8 Å². The molecule has 0 aromatic carbocycles. The fourth-order valence-corrected chi connectivity index (χ4v) is 1.09. The van der Waals surface area contributed by atoms with E-state index in [-0.39, 0.29) is 5.56 Å². The lowest BCUT2D eigenvalue weighted by molar-refractivity contribution is 0.0697. The summed E-state index contributed by atoms with van der Waals surface area (Å²) in [6.07, 6.45) is 2.15. The predicted octanol–water partition coefficient (Wildman–Crippen LogP) is 2.59. The molecular formula is C11H14N2O2. The third kappa shape index (κ3) is 2.87. The molecular weight excluding hydrogens is 192 g/mol. The molecule has 0 bridgehead atoms. The maximum Gasteiger partial charge on any atom is 0.339 e. The molecule has 1 aromatic heterocycles. The van der Waals surface area contributed by atoms with E-state index in [1.54, 1.807) is 6.07 Å². The zero-order valence-corrected chi connectivity index (χ0v) is 9.11. The van der Waals surface area contributed by atoms with Crippen LogP contribution in [0.3, 0.4) is 0 Å². The van der Waals surface area contributed by atoms with Gasteiger partial charge in [0, 0.05) is 17.6 Å². The summed E-state index contributed by atoms with van der Waals surface area (Å²) >= 11 is 0. The molecule has 0 radical (unpaired) electrons. The molecule has 15 heavy (non-hydrogen) atoms.